The van der Waals surface area contributed by atoms with Gasteiger partial charge in [-0.3, -0.25) is 0 Å². The smallest absolute Gasteiger partial charge is 0.339 e. The first-order valence-electron chi connectivity index (χ1n) is 5.73. The molecule has 0 amide bonds. The van der Waals surface area contributed by atoms with Crippen LogP contribution in [-0.2, 0) is 11.3 Å². The van der Waals surface area contributed by atoms with E-state index in [0.717, 1.165) is 16.7 Å². The molecule has 0 saturated heterocycles. The summed E-state index contributed by atoms with van der Waals surface area (Å²) in [5, 5.41) is 0. The van der Waals surface area contributed by atoms with E-state index in [0.29, 0.717) is 17.9 Å². The van der Waals surface area contributed by atoms with Crippen LogP contribution < -0.4 is 4.74 Å². The molecule has 3 rings (SSSR count). The summed E-state index contributed by atoms with van der Waals surface area (Å²) in [7, 11) is 1.58. The molecule has 0 saturated carbocycles. The SMILES string of the molecule is COc1ccc2c(c1)C(=O)OCc1ccccc1-2. The van der Waals surface area contributed by atoms with Crippen molar-refractivity contribution in [2.45, 2.75) is 6.61 Å². The van der Waals surface area contributed by atoms with Gasteiger partial charge in [-0.25, -0.2) is 4.79 Å². The molecule has 0 atom stereocenters. The highest BCUT2D eigenvalue weighted by molar-refractivity contribution is 5.99. The first-order valence-corrected chi connectivity index (χ1v) is 5.73. The van der Waals surface area contributed by atoms with Gasteiger partial charge in [-0.15, -0.1) is 0 Å². The van der Waals surface area contributed by atoms with Gasteiger partial charge in [0.15, 0.2) is 0 Å². The molecule has 3 nitrogen and oxygen atoms in total. The molecule has 0 unspecified atom stereocenters. The summed E-state index contributed by atoms with van der Waals surface area (Å²) in [4.78, 5) is 12.0. The average molecular weight is 240 g/mol. The second-order valence-corrected chi connectivity index (χ2v) is 4.14. The Labute approximate surface area is 105 Å². The Morgan fingerprint density at radius 2 is 1.89 bits per heavy atom. The fraction of sp³-hybridized carbons (Fsp3) is 0.133. The summed E-state index contributed by atoms with van der Waals surface area (Å²) in [5.41, 5.74) is 3.52. The summed E-state index contributed by atoms with van der Waals surface area (Å²) in [5.74, 6) is 0.352. The third-order valence-electron chi connectivity index (χ3n) is 3.11. The van der Waals surface area contributed by atoms with E-state index >= 15 is 0 Å². The molecule has 0 N–H and O–H groups in total. The highest BCUT2D eigenvalue weighted by Crippen LogP contribution is 2.33. The van der Waals surface area contributed by atoms with Crippen molar-refractivity contribution in [2.75, 3.05) is 7.11 Å². The van der Waals surface area contributed by atoms with Crippen molar-refractivity contribution in [3.63, 3.8) is 0 Å². The molecule has 18 heavy (non-hydrogen) atoms. The van der Waals surface area contributed by atoms with Gasteiger partial charge in [0.25, 0.3) is 0 Å². The van der Waals surface area contributed by atoms with E-state index in [-0.39, 0.29) is 5.97 Å². The molecule has 1 aliphatic rings. The monoisotopic (exact) mass is 240 g/mol. The Morgan fingerprint density at radius 1 is 1.06 bits per heavy atom. The van der Waals surface area contributed by atoms with Gasteiger partial charge in [-0.05, 0) is 34.9 Å². The first-order chi connectivity index (χ1) is 8.79. The van der Waals surface area contributed by atoms with Gasteiger partial charge in [0.2, 0.25) is 0 Å². The Hall–Kier alpha value is -2.29. The van der Waals surface area contributed by atoms with Gasteiger partial charge in [-0.1, -0.05) is 24.3 Å². The Bertz CT molecular complexity index is 617. The predicted octanol–water partition coefficient (Wildman–Crippen LogP) is 3.03. The Balaban J connectivity index is 2.26. The van der Waals surface area contributed by atoms with Crippen LogP contribution in [0.25, 0.3) is 11.1 Å². The number of ether oxygens (including phenoxy) is 2. The Morgan fingerprint density at radius 3 is 2.72 bits per heavy atom. The molecule has 0 radical (unpaired) electrons. The molecule has 0 spiro atoms. The van der Waals surface area contributed by atoms with Gasteiger partial charge in [0.1, 0.15) is 12.4 Å². The molecule has 1 heterocycles. The molecule has 1 aliphatic heterocycles. The lowest BCUT2D eigenvalue weighted by Gasteiger charge is -2.08. The molecule has 0 fully saturated rings. The molecule has 0 aromatic heterocycles. The van der Waals surface area contributed by atoms with E-state index in [1.165, 1.54) is 0 Å². The van der Waals surface area contributed by atoms with Gasteiger partial charge in [0.05, 0.1) is 12.7 Å². The second-order valence-electron chi connectivity index (χ2n) is 4.14. The highest BCUT2D eigenvalue weighted by Gasteiger charge is 2.21. The van der Waals surface area contributed by atoms with Gasteiger partial charge >= 0.3 is 5.97 Å². The summed E-state index contributed by atoms with van der Waals surface area (Å²) < 4.78 is 10.4. The van der Waals surface area contributed by atoms with E-state index in [1.54, 1.807) is 13.2 Å². The molecule has 3 heteroatoms. The summed E-state index contributed by atoms with van der Waals surface area (Å²) in [6, 6.07) is 13.4. The number of fused-ring (bicyclic) bond motifs is 3. The maximum absolute atomic E-state index is 12.0. The quantitative estimate of drug-likeness (QED) is 0.719. The summed E-state index contributed by atoms with van der Waals surface area (Å²) >= 11 is 0. The first kappa shape index (κ1) is 10.8. The van der Waals surface area contributed by atoms with Crippen molar-refractivity contribution in [1.82, 2.24) is 0 Å². The third kappa shape index (κ3) is 1.64. The predicted molar refractivity (Wildman–Crippen MR) is 67.5 cm³/mol. The van der Waals surface area contributed by atoms with Crippen molar-refractivity contribution in [3.05, 3.63) is 53.6 Å². The molecule has 2 aromatic carbocycles. The average Bonchev–Trinajstić information content (AvgIpc) is 2.57. The van der Waals surface area contributed by atoms with Crippen LogP contribution in [0.4, 0.5) is 0 Å². The maximum Gasteiger partial charge on any atom is 0.339 e. The molecule has 0 bridgehead atoms. The van der Waals surface area contributed by atoms with Crippen LogP contribution in [0, 0.1) is 0 Å². The van der Waals surface area contributed by atoms with Crippen LogP contribution >= 0.6 is 0 Å². The minimum Gasteiger partial charge on any atom is -0.497 e. The normalized spacial score (nSPS) is 13.1. The van der Waals surface area contributed by atoms with Crippen LogP contribution in [0.1, 0.15) is 15.9 Å². The fourth-order valence-electron chi connectivity index (χ4n) is 2.18. The standard InChI is InChI=1S/C15H12O3/c1-17-11-6-7-13-12-5-3-2-4-10(12)9-18-15(16)14(13)8-11/h2-8H,9H2,1H3. The lowest BCUT2D eigenvalue weighted by molar-refractivity contribution is 0.0478. The molecular formula is C15H12O3. The molecule has 2 aromatic rings. The van der Waals surface area contributed by atoms with Crippen molar-refractivity contribution in [3.8, 4) is 16.9 Å². The number of hydrogen-bond acceptors (Lipinski definition) is 3. The topological polar surface area (TPSA) is 35.5 Å². The van der Waals surface area contributed by atoms with Crippen LogP contribution in [0.15, 0.2) is 42.5 Å². The van der Waals surface area contributed by atoms with E-state index in [1.807, 2.05) is 36.4 Å². The van der Waals surface area contributed by atoms with E-state index in [2.05, 4.69) is 0 Å². The van der Waals surface area contributed by atoms with E-state index in [9.17, 15) is 4.79 Å². The zero-order valence-corrected chi connectivity index (χ0v) is 9.97. The number of carbonyl (C=O) groups excluding carboxylic acids is 1. The van der Waals surface area contributed by atoms with Gasteiger partial charge < -0.3 is 9.47 Å². The van der Waals surface area contributed by atoms with Crippen molar-refractivity contribution < 1.29 is 14.3 Å². The number of hydrogen-bond donors (Lipinski definition) is 0. The number of rotatable bonds is 1. The largest absolute Gasteiger partial charge is 0.497 e. The van der Waals surface area contributed by atoms with Crippen molar-refractivity contribution >= 4 is 5.97 Å². The zero-order valence-electron chi connectivity index (χ0n) is 9.97. The minimum atomic E-state index is -0.305. The fourth-order valence-corrected chi connectivity index (χ4v) is 2.18. The van der Waals surface area contributed by atoms with Crippen LogP contribution in [0.2, 0.25) is 0 Å². The number of cyclic esters (lactones) is 1. The van der Waals surface area contributed by atoms with Gasteiger partial charge in [0, 0.05) is 0 Å². The summed E-state index contributed by atoms with van der Waals surface area (Å²) in [6.45, 7) is 0.312. The highest BCUT2D eigenvalue weighted by atomic mass is 16.5. The lowest BCUT2D eigenvalue weighted by atomic mass is 9.96. The summed E-state index contributed by atoms with van der Waals surface area (Å²) in [6.07, 6.45) is 0. The van der Waals surface area contributed by atoms with Crippen LogP contribution in [-0.4, -0.2) is 13.1 Å². The van der Waals surface area contributed by atoms with Crippen LogP contribution in [0.5, 0.6) is 5.75 Å². The zero-order chi connectivity index (χ0) is 12.5. The van der Waals surface area contributed by atoms with Gasteiger partial charge in [-0.2, -0.15) is 0 Å². The number of esters is 1. The number of carbonyl (C=O) groups is 1. The Kier molecular flexibility index (Phi) is 2.52. The lowest BCUT2D eigenvalue weighted by Crippen LogP contribution is -2.03. The van der Waals surface area contributed by atoms with E-state index in [4.69, 9.17) is 9.47 Å². The van der Waals surface area contributed by atoms with Crippen molar-refractivity contribution in [2.24, 2.45) is 0 Å². The number of benzene rings is 2. The van der Waals surface area contributed by atoms with Crippen LogP contribution in [0.3, 0.4) is 0 Å². The molecule has 90 valence electrons. The third-order valence-corrected chi connectivity index (χ3v) is 3.11. The molecular weight excluding hydrogens is 228 g/mol. The second kappa shape index (κ2) is 4.18. The van der Waals surface area contributed by atoms with E-state index < -0.39 is 0 Å². The molecule has 0 aliphatic carbocycles. The maximum atomic E-state index is 12.0. The minimum absolute atomic E-state index is 0.305. The van der Waals surface area contributed by atoms with Crippen molar-refractivity contribution in [1.29, 1.82) is 0 Å². The number of methoxy groups -OCH3 is 1.